The molecule has 3 fully saturated rings. The van der Waals surface area contributed by atoms with Crippen LogP contribution in [0.5, 0.6) is 0 Å². The average molecular weight is 260 g/mol. The van der Waals surface area contributed by atoms with Gasteiger partial charge in [-0.05, 0) is 27.7 Å². The van der Waals surface area contributed by atoms with Gasteiger partial charge in [0.05, 0.1) is 6.61 Å². The predicted octanol–water partition coefficient (Wildman–Crippen LogP) is 0.375. The van der Waals surface area contributed by atoms with E-state index in [-0.39, 0.29) is 24.9 Å². The second kappa shape index (κ2) is 3.88. The van der Waals surface area contributed by atoms with Crippen LogP contribution in [-0.2, 0) is 23.7 Å². The minimum atomic E-state index is -0.708. The number of aliphatic hydroxyl groups is 1. The largest absolute Gasteiger partial charge is 0.394 e. The smallest absolute Gasteiger partial charge is 0.190 e. The zero-order valence-corrected chi connectivity index (χ0v) is 11.1. The van der Waals surface area contributed by atoms with Crippen molar-refractivity contribution in [3.8, 4) is 0 Å². The molecule has 0 aromatic heterocycles. The van der Waals surface area contributed by atoms with Gasteiger partial charge in [0.2, 0.25) is 0 Å². The molecule has 3 saturated heterocycles. The standard InChI is InChI=1S/C12H20O6/c1-11(2)15-7-6(5-13)14-10-9(8(7)16-11)17-12(3,4)18-10/h6-10,13H,5H2,1-4H3/t6-,7+,8+,9-,10-/m1/s1. The van der Waals surface area contributed by atoms with E-state index in [1.54, 1.807) is 0 Å². The number of aliphatic hydroxyl groups excluding tert-OH is 1. The molecule has 5 atom stereocenters. The zero-order chi connectivity index (χ0) is 13.1. The molecule has 6 heteroatoms. The van der Waals surface area contributed by atoms with Gasteiger partial charge in [-0.25, -0.2) is 0 Å². The van der Waals surface area contributed by atoms with Crippen LogP contribution >= 0.6 is 0 Å². The predicted molar refractivity (Wildman–Crippen MR) is 59.6 cm³/mol. The molecule has 0 saturated carbocycles. The number of hydrogen-bond acceptors (Lipinski definition) is 6. The third-order valence-corrected chi connectivity index (χ3v) is 3.43. The monoisotopic (exact) mass is 260 g/mol. The lowest BCUT2D eigenvalue weighted by atomic mass is 9.99. The molecule has 3 aliphatic rings. The SMILES string of the molecule is CC1(C)O[C@H]2[C@@H](O1)[C@@H](CO)O[C@@H]1OC(C)(C)O[C@@H]12. The molecule has 0 bridgehead atoms. The highest BCUT2D eigenvalue weighted by atomic mass is 16.9. The van der Waals surface area contributed by atoms with E-state index in [2.05, 4.69) is 0 Å². The Morgan fingerprint density at radius 3 is 2.06 bits per heavy atom. The molecule has 1 N–H and O–H groups in total. The fraction of sp³-hybridized carbons (Fsp3) is 1.00. The molecular formula is C12H20O6. The van der Waals surface area contributed by atoms with Crippen molar-refractivity contribution >= 4 is 0 Å². The topological polar surface area (TPSA) is 66.4 Å². The van der Waals surface area contributed by atoms with E-state index < -0.39 is 24.0 Å². The van der Waals surface area contributed by atoms with Crippen molar-refractivity contribution in [2.24, 2.45) is 0 Å². The summed E-state index contributed by atoms with van der Waals surface area (Å²) >= 11 is 0. The third-order valence-electron chi connectivity index (χ3n) is 3.43. The van der Waals surface area contributed by atoms with E-state index in [0.717, 1.165) is 0 Å². The Hall–Kier alpha value is -0.240. The summed E-state index contributed by atoms with van der Waals surface area (Å²) in [6.45, 7) is 7.22. The van der Waals surface area contributed by atoms with Crippen molar-refractivity contribution in [2.45, 2.75) is 70.0 Å². The highest BCUT2D eigenvalue weighted by Crippen LogP contribution is 2.43. The average Bonchev–Trinajstić information content (AvgIpc) is 2.71. The molecule has 0 aromatic rings. The second-order valence-electron chi connectivity index (χ2n) is 5.89. The Balaban J connectivity index is 1.86. The van der Waals surface area contributed by atoms with Gasteiger partial charge in [-0.15, -0.1) is 0 Å². The summed E-state index contributed by atoms with van der Waals surface area (Å²) in [7, 11) is 0. The molecule has 0 aliphatic carbocycles. The summed E-state index contributed by atoms with van der Waals surface area (Å²) in [5.74, 6) is -1.41. The van der Waals surface area contributed by atoms with Crippen molar-refractivity contribution < 1.29 is 28.8 Å². The molecule has 0 spiro atoms. The molecule has 3 rings (SSSR count). The third kappa shape index (κ3) is 1.97. The Morgan fingerprint density at radius 2 is 1.39 bits per heavy atom. The van der Waals surface area contributed by atoms with Crippen LogP contribution in [0, 0.1) is 0 Å². The Labute approximate surface area is 106 Å². The molecule has 0 amide bonds. The Bertz CT molecular complexity index is 341. The summed E-state index contributed by atoms with van der Waals surface area (Å²) in [5, 5.41) is 9.40. The van der Waals surface area contributed by atoms with E-state index in [1.807, 2.05) is 27.7 Å². The van der Waals surface area contributed by atoms with E-state index in [9.17, 15) is 5.11 Å². The number of fused-ring (bicyclic) bond motifs is 3. The van der Waals surface area contributed by atoms with Gasteiger partial charge in [-0.2, -0.15) is 0 Å². The molecular weight excluding hydrogens is 240 g/mol. The molecule has 0 unspecified atom stereocenters. The first-order valence-corrected chi connectivity index (χ1v) is 6.29. The Morgan fingerprint density at radius 1 is 0.833 bits per heavy atom. The summed E-state index contributed by atoms with van der Waals surface area (Å²) in [6.07, 6.45) is -1.90. The van der Waals surface area contributed by atoms with E-state index in [0.29, 0.717) is 0 Å². The van der Waals surface area contributed by atoms with Gasteiger partial charge >= 0.3 is 0 Å². The van der Waals surface area contributed by atoms with Crippen LogP contribution in [0.15, 0.2) is 0 Å². The second-order valence-corrected chi connectivity index (χ2v) is 5.89. The lowest BCUT2D eigenvalue weighted by Crippen LogP contribution is -2.56. The van der Waals surface area contributed by atoms with Crippen molar-refractivity contribution in [1.29, 1.82) is 0 Å². The van der Waals surface area contributed by atoms with Crippen molar-refractivity contribution in [3.63, 3.8) is 0 Å². The number of rotatable bonds is 1. The fourth-order valence-electron chi connectivity index (χ4n) is 2.84. The van der Waals surface area contributed by atoms with Crippen molar-refractivity contribution in [3.05, 3.63) is 0 Å². The summed E-state index contributed by atoms with van der Waals surface area (Å²) in [4.78, 5) is 0. The minimum absolute atomic E-state index is 0.131. The maximum Gasteiger partial charge on any atom is 0.190 e. The van der Waals surface area contributed by atoms with E-state index in [4.69, 9.17) is 23.7 Å². The molecule has 6 nitrogen and oxygen atoms in total. The first-order valence-electron chi connectivity index (χ1n) is 6.29. The fourth-order valence-corrected chi connectivity index (χ4v) is 2.84. The van der Waals surface area contributed by atoms with Gasteiger partial charge in [-0.1, -0.05) is 0 Å². The van der Waals surface area contributed by atoms with Gasteiger partial charge in [-0.3, -0.25) is 0 Å². The van der Waals surface area contributed by atoms with E-state index in [1.165, 1.54) is 0 Å². The molecule has 3 aliphatic heterocycles. The van der Waals surface area contributed by atoms with Crippen molar-refractivity contribution in [1.82, 2.24) is 0 Å². The van der Waals surface area contributed by atoms with Crippen LogP contribution in [0.3, 0.4) is 0 Å². The van der Waals surface area contributed by atoms with Gasteiger partial charge in [0.15, 0.2) is 17.9 Å². The highest BCUT2D eigenvalue weighted by Gasteiger charge is 2.60. The lowest BCUT2D eigenvalue weighted by Gasteiger charge is -2.36. The quantitative estimate of drug-likeness (QED) is 0.735. The minimum Gasteiger partial charge on any atom is -0.394 e. The van der Waals surface area contributed by atoms with Crippen molar-refractivity contribution in [2.75, 3.05) is 6.61 Å². The molecule has 0 radical (unpaired) electrons. The zero-order valence-electron chi connectivity index (χ0n) is 11.1. The summed E-state index contributed by atoms with van der Waals surface area (Å²) < 4.78 is 28.9. The van der Waals surface area contributed by atoms with Gasteiger partial charge < -0.3 is 28.8 Å². The molecule has 18 heavy (non-hydrogen) atoms. The highest BCUT2D eigenvalue weighted by molar-refractivity contribution is 4.99. The van der Waals surface area contributed by atoms with Gasteiger partial charge in [0.25, 0.3) is 0 Å². The number of ether oxygens (including phenoxy) is 5. The molecule has 0 aromatic carbocycles. The van der Waals surface area contributed by atoms with Crippen LogP contribution in [0.4, 0.5) is 0 Å². The first-order chi connectivity index (χ1) is 8.31. The lowest BCUT2D eigenvalue weighted by molar-refractivity contribution is -0.240. The maximum atomic E-state index is 9.40. The summed E-state index contributed by atoms with van der Waals surface area (Å²) in [5.41, 5.74) is 0. The normalized spacial score (nSPS) is 48.8. The Kier molecular flexibility index (Phi) is 2.75. The maximum absolute atomic E-state index is 9.40. The van der Waals surface area contributed by atoms with Crippen LogP contribution in [0.2, 0.25) is 0 Å². The number of hydrogen-bond donors (Lipinski definition) is 1. The molecule has 3 heterocycles. The van der Waals surface area contributed by atoms with Gasteiger partial charge in [0, 0.05) is 0 Å². The summed E-state index contributed by atoms with van der Waals surface area (Å²) in [6, 6.07) is 0. The van der Waals surface area contributed by atoms with E-state index >= 15 is 0 Å². The van der Waals surface area contributed by atoms with Crippen LogP contribution in [0.25, 0.3) is 0 Å². The first kappa shape index (κ1) is 12.8. The van der Waals surface area contributed by atoms with Crippen LogP contribution < -0.4 is 0 Å². The van der Waals surface area contributed by atoms with Crippen LogP contribution in [-0.4, -0.2) is 54.0 Å². The van der Waals surface area contributed by atoms with Gasteiger partial charge in [0.1, 0.15) is 24.4 Å². The molecule has 104 valence electrons. The van der Waals surface area contributed by atoms with Crippen LogP contribution in [0.1, 0.15) is 27.7 Å².